The predicted octanol–water partition coefficient (Wildman–Crippen LogP) is 3.25. The van der Waals surface area contributed by atoms with Crippen molar-refractivity contribution in [3.8, 4) is 0 Å². The van der Waals surface area contributed by atoms with Gasteiger partial charge in [0.15, 0.2) is 0 Å². The molecular weight excluding hydrogens is 223 g/mol. The van der Waals surface area contributed by atoms with Crippen molar-refractivity contribution < 1.29 is 23.1 Å². The van der Waals surface area contributed by atoms with Crippen molar-refractivity contribution in [2.45, 2.75) is 50.7 Å². The largest absolute Gasteiger partial charge is 0.465 e. The molecule has 1 saturated carbocycles. The zero-order chi connectivity index (χ0) is 12.4. The molecule has 16 heavy (non-hydrogen) atoms. The third-order valence-corrected chi connectivity index (χ3v) is 3.27. The monoisotopic (exact) mass is 239 g/mol. The van der Waals surface area contributed by atoms with Gasteiger partial charge in [-0.25, -0.2) is 4.79 Å². The summed E-state index contributed by atoms with van der Waals surface area (Å²) >= 11 is 0. The lowest BCUT2D eigenvalue weighted by Gasteiger charge is -2.45. The number of alkyl halides is 3. The first-order valence-corrected chi connectivity index (χ1v) is 5.42. The van der Waals surface area contributed by atoms with E-state index < -0.39 is 17.8 Å². The SMILES string of the molecule is CCN(C(=O)O)C1(C(F)(F)F)CCCCC1. The maximum absolute atomic E-state index is 13.1. The van der Waals surface area contributed by atoms with E-state index in [4.69, 9.17) is 5.11 Å². The van der Waals surface area contributed by atoms with Crippen molar-refractivity contribution >= 4 is 6.09 Å². The fourth-order valence-electron chi connectivity index (χ4n) is 2.46. The van der Waals surface area contributed by atoms with E-state index in [9.17, 15) is 18.0 Å². The molecule has 0 aromatic heterocycles. The van der Waals surface area contributed by atoms with E-state index in [0.29, 0.717) is 17.7 Å². The minimum absolute atomic E-state index is 0.114. The van der Waals surface area contributed by atoms with Crippen LogP contribution in [-0.4, -0.2) is 34.4 Å². The fraction of sp³-hybridized carbons (Fsp3) is 0.900. The number of hydrogen-bond acceptors (Lipinski definition) is 1. The van der Waals surface area contributed by atoms with Crippen LogP contribution >= 0.6 is 0 Å². The molecule has 1 aliphatic carbocycles. The first-order valence-electron chi connectivity index (χ1n) is 5.42. The van der Waals surface area contributed by atoms with Crippen LogP contribution in [0.3, 0.4) is 0 Å². The van der Waals surface area contributed by atoms with E-state index in [1.165, 1.54) is 6.92 Å². The molecule has 0 heterocycles. The lowest BCUT2D eigenvalue weighted by molar-refractivity contribution is -0.234. The standard InChI is InChI=1S/C10H16F3NO2/c1-2-14(8(15)16)9(10(11,12)13)6-4-3-5-7-9/h2-7H2,1H3,(H,15,16). The molecule has 0 spiro atoms. The van der Waals surface area contributed by atoms with Gasteiger partial charge < -0.3 is 5.11 Å². The van der Waals surface area contributed by atoms with Crippen molar-refractivity contribution in [2.75, 3.05) is 6.54 Å². The molecule has 1 aliphatic rings. The molecule has 0 radical (unpaired) electrons. The molecule has 0 aromatic carbocycles. The van der Waals surface area contributed by atoms with E-state index in [0.717, 1.165) is 6.42 Å². The Kier molecular flexibility index (Phi) is 3.70. The number of halogens is 3. The maximum Gasteiger partial charge on any atom is 0.411 e. The quantitative estimate of drug-likeness (QED) is 0.803. The molecule has 94 valence electrons. The Morgan fingerprint density at radius 3 is 2.12 bits per heavy atom. The zero-order valence-corrected chi connectivity index (χ0v) is 9.18. The van der Waals surface area contributed by atoms with Gasteiger partial charge in [-0.2, -0.15) is 13.2 Å². The molecule has 1 N–H and O–H groups in total. The van der Waals surface area contributed by atoms with Crippen LogP contribution in [0.4, 0.5) is 18.0 Å². The van der Waals surface area contributed by atoms with Crippen molar-refractivity contribution in [3.63, 3.8) is 0 Å². The second-order valence-electron chi connectivity index (χ2n) is 4.12. The minimum Gasteiger partial charge on any atom is -0.465 e. The van der Waals surface area contributed by atoms with Gasteiger partial charge in [-0.15, -0.1) is 0 Å². The second kappa shape index (κ2) is 4.51. The summed E-state index contributed by atoms with van der Waals surface area (Å²) in [5.41, 5.74) is -2.16. The van der Waals surface area contributed by atoms with Crippen LogP contribution in [-0.2, 0) is 0 Å². The van der Waals surface area contributed by atoms with Crippen molar-refractivity contribution in [1.29, 1.82) is 0 Å². The van der Waals surface area contributed by atoms with Gasteiger partial charge >= 0.3 is 12.3 Å². The van der Waals surface area contributed by atoms with Gasteiger partial charge in [0, 0.05) is 6.54 Å². The highest BCUT2D eigenvalue weighted by molar-refractivity contribution is 5.66. The minimum atomic E-state index is -4.48. The van der Waals surface area contributed by atoms with Gasteiger partial charge in [-0.05, 0) is 19.8 Å². The summed E-state index contributed by atoms with van der Waals surface area (Å²) in [7, 11) is 0. The molecule has 3 nitrogen and oxygen atoms in total. The van der Waals surface area contributed by atoms with E-state index >= 15 is 0 Å². The second-order valence-corrected chi connectivity index (χ2v) is 4.12. The first-order chi connectivity index (χ1) is 7.35. The van der Waals surface area contributed by atoms with Crippen LogP contribution in [0.25, 0.3) is 0 Å². The molecule has 0 unspecified atom stereocenters. The summed E-state index contributed by atoms with van der Waals surface area (Å²) in [5.74, 6) is 0. The Bertz CT molecular complexity index is 259. The van der Waals surface area contributed by atoms with Gasteiger partial charge in [0.2, 0.25) is 0 Å². The number of rotatable bonds is 2. The van der Waals surface area contributed by atoms with Crippen LogP contribution in [0.15, 0.2) is 0 Å². The van der Waals surface area contributed by atoms with Crippen LogP contribution in [0, 0.1) is 0 Å². The Morgan fingerprint density at radius 1 is 1.31 bits per heavy atom. The normalized spacial score (nSPS) is 20.5. The summed E-state index contributed by atoms with van der Waals surface area (Å²) in [6.45, 7) is 1.31. The summed E-state index contributed by atoms with van der Waals surface area (Å²) in [5, 5.41) is 8.88. The number of amides is 1. The molecule has 1 amide bonds. The molecular formula is C10H16F3NO2. The van der Waals surface area contributed by atoms with Gasteiger partial charge in [-0.3, -0.25) is 4.90 Å². The molecule has 0 aliphatic heterocycles. The Labute approximate surface area is 92.2 Å². The molecule has 6 heteroatoms. The highest BCUT2D eigenvalue weighted by Crippen LogP contribution is 2.45. The lowest BCUT2D eigenvalue weighted by Crippen LogP contribution is -2.61. The van der Waals surface area contributed by atoms with Crippen molar-refractivity contribution in [3.05, 3.63) is 0 Å². The molecule has 0 bridgehead atoms. The molecule has 1 fully saturated rings. The third kappa shape index (κ3) is 2.10. The summed E-state index contributed by atoms with van der Waals surface area (Å²) in [6.07, 6.45) is -4.59. The number of carbonyl (C=O) groups is 1. The lowest BCUT2D eigenvalue weighted by atomic mass is 9.79. The fourth-order valence-corrected chi connectivity index (χ4v) is 2.46. The summed E-state index contributed by atoms with van der Waals surface area (Å²) in [6, 6.07) is 0. The van der Waals surface area contributed by atoms with Crippen LogP contribution < -0.4 is 0 Å². The van der Waals surface area contributed by atoms with Gasteiger partial charge in [-0.1, -0.05) is 19.3 Å². The van der Waals surface area contributed by atoms with E-state index in [-0.39, 0.29) is 19.4 Å². The van der Waals surface area contributed by atoms with E-state index in [1.807, 2.05) is 0 Å². The van der Waals surface area contributed by atoms with E-state index in [1.54, 1.807) is 0 Å². The predicted molar refractivity (Wildman–Crippen MR) is 52.3 cm³/mol. The Balaban J connectivity index is 3.07. The molecule has 0 saturated heterocycles. The topological polar surface area (TPSA) is 40.5 Å². The molecule has 0 aromatic rings. The smallest absolute Gasteiger partial charge is 0.411 e. The van der Waals surface area contributed by atoms with Gasteiger partial charge in [0.25, 0.3) is 0 Å². The third-order valence-electron chi connectivity index (χ3n) is 3.27. The first kappa shape index (κ1) is 13.1. The highest BCUT2D eigenvalue weighted by Gasteiger charge is 2.59. The number of nitrogens with zero attached hydrogens (tertiary/aromatic N) is 1. The van der Waals surface area contributed by atoms with Crippen LogP contribution in [0.2, 0.25) is 0 Å². The zero-order valence-electron chi connectivity index (χ0n) is 9.18. The van der Waals surface area contributed by atoms with E-state index in [2.05, 4.69) is 0 Å². The molecule has 0 atom stereocenters. The number of hydrogen-bond donors (Lipinski definition) is 1. The highest BCUT2D eigenvalue weighted by atomic mass is 19.4. The van der Waals surface area contributed by atoms with Gasteiger partial charge in [0.05, 0.1) is 0 Å². The van der Waals surface area contributed by atoms with Crippen LogP contribution in [0.5, 0.6) is 0 Å². The average Bonchev–Trinajstić information content (AvgIpc) is 2.18. The van der Waals surface area contributed by atoms with Gasteiger partial charge in [0.1, 0.15) is 5.54 Å². The van der Waals surface area contributed by atoms with Crippen molar-refractivity contribution in [1.82, 2.24) is 4.90 Å². The molecule has 1 rings (SSSR count). The Hall–Kier alpha value is -0.940. The summed E-state index contributed by atoms with van der Waals surface area (Å²) < 4.78 is 39.3. The van der Waals surface area contributed by atoms with Crippen molar-refractivity contribution in [2.24, 2.45) is 0 Å². The summed E-state index contributed by atoms with van der Waals surface area (Å²) in [4.78, 5) is 11.5. The Morgan fingerprint density at radius 2 is 1.81 bits per heavy atom. The van der Waals surface area contributed by atoms with Crippen LogP contribution in [0.1, 0.15) is 39.0 Å². The number of carboxylic acid groups (broad SMARTS) is 1. The average molecular weight is 239 g/mol. The maximum atomic E-state index is 13.1.